The zero-order valence-corrected chi connectivity index (χ0v) is 12.9. The lowest BCUT2D eigenvalue weighted by Crippen LogP contribution is -2.39. The van der Waals surface area contributed by atoms with Crippen molar-refractivity contribution in [2.24, 2.45) is 0 Å². The Labute approximate surface area is 132 Å². The summed E-state index contributed by atoms with van der Waals surface area (Å²) in [4.78, 5) is 23.7. The van der Waals surface area contributed by atoms with E-state index in [-0.39, 0.29) is 12.6 Å². The molecular weight excluding hydrogens is 309 g/mol. The monoisotopic (exact) mass is 330 g/mol. The molecule has 7 heteroatoms. The highest BCUT2D eigenvalue weighted by molar-refractivity contribution is 5.76. The molecule has 2 rings (SSSR count). The van der Waals surface area contributed by atoms with Crippen molar-refractivity contribution in [3.05, 3.63) is 34.2 Å². The minimum atomic E-state index is -4.54. The first-order chi connectivity index (χ1) is 10.9. The number of rotatable bonds is 3. The molecule has 1 aliphatic rings. The van der Waals surface area contributed by atoms with Crippen LogP contribution >= 0.6 is 0 Å². The molecule has 1 N–H and O–H groups in total. The minimum Gasteiger partial charge on any atom is -0.352 e. The molecule has 0 aliphatic heterocycles. The molecule has 23 heavy (non-hydrogen) atoms. The van der Waals surface area contributed by atoms with E-state index in [1.54, 1.807) is 0 Å². The number of hydrogen-bond donors (Lipinski definition) is 1. The summed E-state index contributed by atoms with van der Waals surface area (Å²) in [5, 5.41) is 2.84. The molecule has 0 unspecified atom stereocenters. The number of carbonyl (C=O) groups is 1. The van der Waals surface area contributed by atoms with E-state index in [0.717, 1.165) is 55.2 Å². The van der Waals surface area contributed by atoms with Crippen LogP contribution in [-0.2, 0) is 17.5 Å². The van der Waals surface area contributed by atoms with Gasteiger partial charge in [0.2, 0.25) is 5.91 Å². The van der Waals surface area contributed by atoms with Gasteiger partial charge in [-0.25, -0.2) is 0 Å². The number of nitrogens with zero attached hydrogens (tertiary/aromatic N) is 1. The summed E-state index contributed by atoms with van der Waals surface area (Å²) in [5.74, 6) is -0.419. The van der Waals surface area contributed by atoms with Gasteiger partial charge in [-0.3, -0.25) is 9.59 Å². The Bertz CT molecular complexity index is 588. The summed E-state index contributed by atoms with van der Waals surface area (Å²) >= 11 is 0. The van der Waals surface area contributed by atoms with Crippen molar-refractivity contribution < 1.29 is 18.0 Å². The van der Waals surface area contributed by atoms with Crippen molar-refractivity contribution in [1.29, 1.82) is 0 Å². The Morgan fingerprint density at radius 3 is 2.35 bits per heavy atom. The number of amides is 1. The first-order valence-corrected chi connectivity index (χ1v) is 7.93. The molecule has 1 fully saturated rings. The van der Waals surface area contributed by atoms with E-state index in [1.165, 1.54) is 6.42 Å². The lowest BCUT2D eigenvalue weighted by molar-refractivity contribution is -0.138. The average Bonchev–Trinajstić information content (AvgIpc) is 2.43. The normalized spacial score (nSPS) is 17.3. The third-order valence-electron chi connectivity index (χ3n) is 4.10. The maximum absolute atomic E-state index is 12.7. The van der Waals surface area contributed by atoms with Crippen molar-refractivity contribution >= 4 is 5.91 Å². The molecule has 1 aliphatic carbocycles. The predicted octanol–water partition coefficient (Wildman–Crippen LogP) is 3.10. The predicted molar refractivity (Wildman–Crippen MR) is 80.0 cm³/mol. The maximum atomic E-state index is 12.7. The smallest absolute Gasteiger partial charge is 0.352 e. The SMILES string of the molecule is O=C(Cn1cc(C(F)(F)F)ccc1=O)NC1CCCCCCC1. The van der Waals surface area contributed by atoms with Gasteiger partial charge < -0.3 is 9.88 Å². The summed E-state index contributed by atoms with van der Waals surface area (Å²) < 4.78 is 38.8. The minimum absolute atomic E-state index is 0.0456. The molecule has 1 aromatic heterocycles. The van der Waals surface area contributed by atoms with Gasteiger partial charge in [-0.15, -0.1) is 0 Å². The highest BCUT2D eigenvalue weighted by Gasteiger charge is 2.31. The van der Waals surface area contributed by atoms with Gasteiger partial charge in [0.15, 0.2) is 0 Å². The Morgan fingerprint density at radius 1 is 1.13 bits per heavy atom. The number of hydrogen-bond acceptors (Lipinski definition) is 2. The second-order valence-electron chi connectivity index (χ2n) is 5.99. The fraction of sp³-hybridized carbons (Fsp3) is 0.625. The first kappa shape index (κ1) is 17.6. The van der Waals surface area contributed by atoms with Gasteiger partial charge in [0, 0.05) is 18.3 Å². The Balaban J connectivity index is 2.00. The lowest BCUT2D eigenvalue weighted by Gasteiger charge is -2.21. The van der Waals surface area contributed by atoms with E-state index < -0.39 is 23.2 Å². The third-order valence-corrected chi connectivity index (χ3v) is 4.10. The Morgan fingerprint density at radius 2 is 1.74 bits per heavy atom. The van der Waals surface area contributed by atoms with Crippen molar-refractivity contribution in [2.45, 2.75) is 63.7 Å². The van der Waals surface area contributed by atoms with Gasteiger partial charge in [-0.1, -0.05) is 32.1 Å². The second-order valence-corrected chi connectivity index (χ2v) is 5.99. The van der Waals surface area contributed by atoms with Crippen molar-refractivity contribution in [1.82, 2.24) is 9.88 Å². The van der Waals surface area contributed by atoms with Gasteiger partial charge >= 0.3 is 6.18 Å². The van der Waals surface area contributed by atoms with Crippen LogP contribution in [0, 0.1) is 0 Å². The van der Waals surface area contributed by atoms with Gasteiger partial charge in [-0.2, -0.15) is 13.2 Å². The highest BCUT2D eigenvalue weighted by atomic mass is 19.4. The number of nitrogens with one attached hydrogen (secondary N) is 1. The van der Waals surface area contributed by atoms with Crippen LogP contribution in [0.4, 0.5) is 13.2 Å². The topological polar surface area (TPSA) is 51.1 Å². The Hall–Kier alpha value is -1.79. The van der Waals surface area contributed by atoms with Crippen molar-refractivity contribution in [2.75, 3.05) is 0 Å². The third kappa shape index (κ3) is 5.41. The van der Waals surface area contributed by atoms with Gasteiger partial charge in [0.05, 0.1) is 5.56 Å². The first-order valence-electron chi connectivity index (χ1n) is 7.93. The molecular formula is C16H21F3N2O2. The van der Waals surface area contributed by atoms with E-state index in [1.807, 2.05) is 0 Å². The van der Waals surface area contributed by atoms with E-state index >= 15 is 0 Å². The van der Waals surface area contributed by atoms with Crippen molar-refractivity contribution in [3.8, 4) is 0 Å². The molecule has 4 nitrogen and oxygen atoms in total. The molecule has 0 aromatic carbocycles. The molecule has 1 amide bonds. The number of carbonyl (C=O) groups excluding carboxylic acids is 1. The number of aromatic nitrogens is 1. The maximum Gasteiger partial charge on any atom is 0.417 e. The van der Waals surface area contributed by atoms with E-state index in [2.05, 4.69) is 5.32 Å². The van der Waals surface area contributed by atoms with E-state index in [0.29, 0.717) is 6.20 Å². The summed E-state index contributed by atoms with van der Waals surface area (Å²) in [7, 11) is 0. The number of alkyl halides is 3. The molecule has 0 saturated heterocycles. The number of pyridine rings is 1. The van der Waals surface area contributed by atoms with Crippen LogP contribution in [-0.4, -0.2) is 16.5 Å². The Kier molecular flexibility index (Phi) is 5.85. The van der Waals surface area contributed by atoms with E-state index in [4.69, 9.17) is 0 Å². The molecule has 1 aromatic rings. The fourth-order valence-electron chi connectivity index (χ4n) is 2.85. The van der Waals surface area contributed by atoms with Crippen LogP contribution in [0.15, 0.2) is 23.1 Å². The summed E-state index contributed by atoms with van der Waals surface area (Å²) in [5.41, 5.74) is -1.55. The van der Waals surface area contributed by atoms with Crippen LogP contribution < -0.4 is 10.9 Å². The number of halogens is 3. The molecule has 0 atom stereocenters. The summed E-state index contributed by atoms with van der Waals surface area (Å²) in [6.07, 6.45) is 3.47. The molecule has 128 valence electrons. The fourth-order valence-corrected chi connectivity index (χ4v) is 2.85. The summed E-state index contributed by atoms with van der Waals surface area (Å²) in [6.45, 7) is -0.390. The van der Waals surface area contributed by atoms with Gasteiger partial charge in [-0.05, 0) is 18.9 Å². The highest BCUT2D eigenvalue weighted by Crippen LogP contribution is 2.28. The lowest BCUT2D eigenvalue weighted by atomic mass is 9.97. The van der Waals surface area contributed by atoms with Crippen molar-refractivity contribution in [3.63, 3.8) is 0 Å². The second kappa shape index (κ2) is 7.66. The molecule has 0 radical (unpaired) electrons. The summed E-state index contributed by atoms with van der Waals surface area (Å²) in [6, 6.07) is 1.61. The van der Waals surface area contributed by atoms with Gasteiger partial charge in [0.1, 0.15) is 6.54 Å². The van der Waals surface area contributed by atoms with Crippen LogP contribution in [0.3, 0.4) is 0 Å². The molecule has 0 spiro atoms. The van der Waals surface area contributed by atoms with Crippen LogP contribution in [0.25, 0.3) is 0 Å². The quantitative estimate of drug-likeness (QED) is 0.926. The largest absolute Gasteiger partial charge is 0.417 e. The van der Waals surface area contributed by atoms with Crippen LogP contribution in [0.2, 0.25) is 0 Å². The molecule has 1 heterocycles. The standard InChI is InChI=1S/C16H21F3N2O2/c17-16(18,19)12-8-9-15(23)21(10-12)11-14(22)20-13-6-4-2-1-3-5-7-13/h8-10,13H,1-7,11H2,(H,20,22). The van der Waals surface area contributed by atoms with Gasteiger partial charge in [0.25, 0.3) is 5.56 Å². The van der Waals surface area contributed by atoms with E-state index in [9.17, 15) is 22.8 Å². The zero-order chi connectivity index (χ0) is 16.9. The molecule has 1 saturated carbocycles. The van der Waals surface area contributed by atoms with Crippen LogP contribution in [0.5, 0.6) is 0 Å². The van der Waals surface area contributed by atoms with Crippen LogP contribution in [0.1, 0.15) is 50.5 Å². The molecule has 0 bridgehead atoms. The zero-order valence-electron chi connectivity index (χ0n) is 12.9. The average molecular weight is 330 g/mol.